The molecule has 1 heterocycles. The van der Waals surface area contributed by atoms with E-state index in [0.29, 0.717) is 12.0 Å². The molecule has 0 spiro atoms. The molecule has 3 unspecified atom stereocenters. The number of benzene rings is 1. The van der Waals surface area contributed by atoms with Crippen LogP contribution in [0.25, 0.3) is 0 Å². The molecule has 1 aliphatic rings. The third kappa shape index (κ3) is 2.91. The molecule has 0 radical (unpaired) electrons. The average molecular weight is 275 g/mol. The topological polar surface area (TPSA) is 23.5 Å². The predicted molar refractivity (Wildman–Crippen MR) is 85.2 cm³/mol. The number of hydrogen-bond donors (Lipinski definition) is 1. The van der Waals surface area contributed by atoms with Crippen LogP contribution in [0.1, 0.15) is 42.5 Å². The highest BCUT2D eigenvalue weighted by Gasteiger charge is 2.41. The van der Waals surface area contributed by atoms with Crippen LogP contribution in [-0.2, 0) is 6.42 Å². The molecule has 2 rings (SSSR count). The van der Waals surface area contributed by atoms with Gasteiger partial charge in [-0.1, -0.05) is 24.6 Å². The van der Waals surface area contributed by atoms with Gasteiger partial charge in [0.05, 0.1) is 5.60 Å². The molecule has 2 nitrogen and oxygen atoms in total. The molecule has 0 bridgehead atoms. The number of aryl methyl sites for hydroxylation is 3. The van der Waals surface area contributed by atoms with E-state index in [4.69, 9.17) is 0 Å². The summed E-state index contributed by atoms with van der Waals surface area (Å²) in [6.45, 7) is 11.8. The second-order valence-electron chi connectivity index (χ2n) is 7.05. The highest BCUT2D eigenvalue weighted by Crippen LogP contribution is 2.35. The number of aliphatic hydroxyl groups is 1. The van der Waals surface area contributed by atoms with Gasteiger partial charge < -0.3 is 10.0 Å². The van der Waals surface area contributed by atoms with Crippen molar-refractivity contribution in [2.75, 3.05) is 13.6 Å². The summed E-state index contributed by atoms with van der Waals surface area (Å²) in [5, 5.41) is 11.2. The molecule has 2 heteroatoms. The van der Waals surface area contributed by atoms with Gasteiger partial charge in [-0.3, -0.25) is 0 Å². The number of rotatable bonds is 2. The average Bonchev–Trinajstić information content (AvgIpc) is 2.32. The largest absolute Gasteiger partial charge is 0.389 e. The third-order valence-electron chi connectivity index (χ3n) is 5.20. The van der Waals surface area contributed by atoms with E-state index in [1.54, 1.807) is 0 Å². The molecule has 0 aliphatic carbocycles. The molecule has 1 saturated heterocycles. The maximum Gasteiger partial charge on any atom is 0.0740 e. The van der Waals surface area contributed by atoms with E-state index >= 15 is 0 Å². The maximum absolute atomic E-state index is 11.2. The van der Waals surface area contributed by atoms with E-state index in [9.17, 15) is 5.11 Å². The standard InChI is InChI=1S/C18H29NO/c1-12-7-13(2)17(14(3)8-12)10-18(20)9-16(5)19(6)11-15(18)4/h7-8,15-16,20H,9-11H2,1-6H3. The molecule has 0 aromatic heterocycles. The van der Waals surface area contributed by atoms with Gasteiger partial charge in [0, 0.05) is 19.0 Å². The SMILES string of the molecule is Cc1cc(C)c(CC2(O)CC(C)N(C)CC2C)c(C)c1. The van der Waals surface area contributed by atoms with Crippen molar-refractivity contribution in [2.45, 2.75) is 59.1 Å². The lowest BCUT2D eigenvalue weighted by atomic mass is 9.74. The summed E-state index contributed by atoms with van der Waals surface area (Å²) < 4.78 is 0. The molecule has 3 atom stereocenters. The fraction of sp³-hybridized carbons (Fsp3) is 0.667. The fourth-order valence-electron chi connectivity index (χ4n) is 3.69. The number of nitrogens with zero attached hydrogens (tertiary/aromatic N) is 1. The van der Waals surface area contributed by atoms with Crippen LogP contribution in [0.2, 0.25) is 0 Å². The predicted octanol–water partition coefficient (Wildman–Crippen LogP) is 3.25. The maximum atomic E-state index is 11.2. The van der Waals surface area contributed by atoms with Crippen LogP contribution in [0.15, 0.2) is 12.1 Å². The van der Waals surface area contributed by atoms with Gasteiger partial charge >= 0.3 is 0 Å². The van der Waals surface area contributed by atoms with Gasteiger partial charge in [0.1, 0.15) is 0 Å². The van der Waals surface area contributed by atoms with Crippen LogP contribution in [-0.4, -0.2) is 35.2 Å². The monoisotopic (exact) mass is 275 g/mol. The number of hydrogen-bond acceptors (Lipinski definition) is 2. The molecule has 0 saturated carbocycles. The Morgan fingerprint density at radius 2 is 1.75 bits per heavy atom. The summed E-state index contributed by atoms with van der Waals surface area (Å²) in [6, 6.07) is 4.91. The van der Waals surface area contributed by atoms with Crippen molar-refractivity contribution < 1.29 is 5.11 Å². The van der Waals surface area contributed by atoms with Crippen LogP contribution in [0.5, 0.6) is 0 Å². The fourth-order valence-corrected chi connectivity index (χ4v) is 3.69. The Hall–Kier alpha value is -0.860. The molecule has 0 amide bonds. The summed E-state index contributed by atoms with van der Waals surface area (Å²) in [5.41, 5.74) is 4.70. The first-order valence-corrected chi connectivity index (χ1v) is 7.72. The molecular weight excluding hydrogens is 246 g/mol. The molecule has 1 aliphatic heterocycles. The van der Waals surface area contributed by atoms with Crippen LogP contribution in [0.3, 0.4) is 0 Å². The summed E-state index contributed by atoms with van der Waals surface area (Å²) >= 11 is 0. The van der Waals surface area contributed by atoms with E-state index in [1.807, 2.05) is 0 Å². The summed E-state index contributed by atoms with van der Waals surface area (Å²) in [4.78, 5) is 2.36. The zero-order valence-corrected chi connectivity index (χ0v) is 13.8. The van der Waals surface area contributed by atoms with Gasteiger partial charge in [0.15, 0.2) is 0 Å². The molecule has 1 aromatic carbocycles. The first-order valence-electron chi connectivity index (χ1n) is 7.72. The van der Waals surface area contributed by atoms with E-state index in [2.05, 4.69) is 58.7 Å². The summed E-state index contributed by atoms with van der Waals surface area (Å²) in [5.74, 6) is 0.309. The number of likely N-dealkylation sites (tertiary alicyclic amines) is 1. The smallest absolute Gasteiger partial charge is 0.0740 e. The van der Waals surface area contributed by atoms with E-state index in [1.165, 1.54) is 22.3 Å². The molecule has 20 heavy (non-hydrogen) atoms. The van der Waals surface area contributed by atoms with Crippen molar-refractivity contribution in [1.82, 2.24) is 4.90 Å². The van der Waals surface area contributed by atoms with Crippen molar-refractivity contribution in [2.24, 2.45) is 5.92 Å². The first-order chi connectivity index (χ1) is 9.23. The van der Waals surface area contributed by atoms with Crippen LogP contribution in [0.4, 0.5) is 0 Å². The highest BCUT2D eigenvalue weighted by atomic mass is 16.3. The molecular formula is C18H29NO. The second-order valence-corrected chi connectivity index (χ2v) is 7.05. The quantitative estimate of drug-likeness (QED) is 0.895. The van der Waals surface area contributed by atoms with E-state index in [-0.39, 0.29) is 0 Å². The molecule has 1 fully saturated rings. The third-order valence-corrected chi connectivity index (χ3v) is 5.20. The summed E-state index contributed by atoms with van der Waals surface area (Å²) in [6.07, 6.45) is 1.64. The molecule has 112 valence electrons. The van der Waals surface area contributed by atoms with Crippen molar-refractivity contribution in [3.05, 3.63) is 34.4 Å². The van der Waals surface area contributed by atoms with Crippen molar-refractivity contribution in [3.63, 3.8) is 0 Å². The minimum absolute atomic E-state index is 0.309. The van der Waals surface area contributed by atoms with E-state index in [0.717, 1.165) is 19.4 Å². The molecule has 1 aromatic rings. The lowest BCUT2D eigenvalue weighted by Crippen LogP contribution is -2.54. The van der Waals surface area contributed by atoms with Crippen molar-refractivity contribution in [3.8, 4) is 0 Å². The Bertz CT molecular complexity index is 473. The van der Waals surface area contributed by atoms with Crippen molar-refractivity contribution in [1.29, 1.82) is 0 Å². The van der Waals surface area contributed by atoms with Gasteiger partial charge in [0.2, 0.25) is 0 Å². The zero-order chi connectivity index (χ0) is 15.1. The minimum Gasteiger partial charge on any atom is -0.389 e. The Morgan fingerprint density at radius 3 is 2.30 bits per heavy atom. The zero-order valence-electron chi connectivity index (χ0n) is 13.8. The van der Waals surface area contributed by atoms with Gasteiger partial charge in [-0.25, -0.2) is 0 Å². The first kappa shape index (κ1) is 15.5. The minimum atomic E-state index is -0.573. The van der Waals surface area contributed by atoms with Gasteiger partial charge in [-0.2, -0.15) is 0 Å². The second kappa shape index (κ2) is 5.50. The number of piperidine rings is 1. The lowest BCUT2D eigenvalue weighted by Gasteiger charge is -2.46. The van der Waals surface area contributed by atoms with Crippen LogP contribution < -0.4 is 0 Å². The Morgan fingerprint density at radius 1 is 1.20 bits per heavy atom. The normalized spacial score (nSPS) is 31.6. The van der Waals surface area contributed by atoms with Gasteiger partial charge in [-0.05, 0) is 63.8 Å². The Labute approximate surface area is 123 Å². The Kier molecular flexibility index (Phi) is 4.27. The van der Waals surface area contributed by atoms with Crippen LogP contribution in [0, 0.1) is 26.7 Å². The molecule has 1 N–H and O–H groups in total. The summed E-state index contributed by atoms with van der Waals surface area (Å²) in [7, 11) is 2.16. The Balaban J connectivity index is 2.29. The highest BCUT2D eigenvalue weighted by molar-refractivity contribution is 5.38. The van der Waals surface area contributed by atoms with Gasteiger partial charge in [-0.15, -0.1) is 0 Å². The van der Waals surface area contributed by atoms with Gasteiger partial charge in [0.25, 0.3) is 0 Å². The van der Waals surface area contributed by atoms with Crippen LogP contribution >= 0.6 is 0 Å². The van der Waals surface area contributed by atoms with Crippen molar-refractivity contribution >= 4 is 0 Å². The van der Waals surface area contributed by atoms with E-state index < -0.39 is 5.60 Å². The lowest BCUT2D eigenvalue weighted by molar-refractivity contribution is -0.0779.